The van der Waals surface area contributed by atoms with Crippen LogP contribution in [0.25, 0.3) is 0 Å². The fraction of sp³-hybridized carbons (Fsp3) is 0.421. The van der Waals surface area contributed by atoms with Gasteiger partial charge >= 0.3 is 0 Å². The lowest BCUT2D eigenvalue weighted by molar-refractivity contribution is 0.139. The summed E-state index contributed by atoms with van der Waals surface area (Å²) >= 11 is 0. The number of nitrogens with one attached hydrogen (secondary N) is 1. The molecule has 0 saturated carbocycles. The van der Waals surface area contributed by atoms with Crippen molar-refractivity contribution >= 4 is 5.82 Å². The van der Waals surface area contributed by atoms with Crippen molar-refractivity contribution in [1.82, 2.24) is 9.88 Å². The molecule has 116 valence electrons. The molecule has 2 heterocycles. The van der Waals surface area contributed by atoms with E-state index in [-0.39, 0.29) is 0 Å². The van der Waals surface area contributed by atoms with E-state index >= 15 is 0 Å². The highest BCUT2D eigenvalue weighted by Gasteiger charge is 2.25. The lowest BCUT2D eigenvalue weighted by atomic mass is 9.93. The molecule has 1 atom stereocenters. The minimum absolute atomic E-state index is 0.493. The third-order valence-electron chi connectivity index (χ3n) is 4.58. The molecular weight excluding hydrogens is 270 g/mol. The molecule has 1 aromatic heterocycles. The molecule has 22 heavy (non-hydrogen) atoms. The number of pyridine rings is 1. The minimum Gasteiger partial charge on any atom is -0.373 e. The van der Waals surface area contributed by atoms with Gasteiger partial charge in [0.2, 0.25) is 0 Å². The molecule has 0 amide bonds. The van der Waals surface area contributed by atoms with E-state index in [1.165, 1.54) is 36.9 Å². The van der Waals surface area contributed by atoms with Gasteiger partial charge in [0.05, 0.1) is 0 Å². The molecule has 1 N–H and O–H groups in total. The molecule has 0 unspecified atom stereocenters. The fourth-order valence-electron chi connectivity index (χ4n) is 3.41. The molecule has 0 aliphatic carbocycles. The summed E-state index contributed by atoms with van der Waals surface area (Å²) < 4.78 is 0. The first-order chi connectivity index (χ1) is 10.8. The largest absolute Gasteiger partial charge is 0.373 e. The number of rotatable bonds is 4. The number of aromatic nitrogens is 1. The van der Waals surface area contributed by atoms with Gasteiger partial charge in [0.1, 0.15) is 5.82 Å². The van der Waals surface area contributed by atoms with Gasteiger partial charge in [-0.25, -0.2) is 4.98 Å². The Kier molecular flexibility index (Phi) is 4.74. The number of aryl methyl sites for hydroxylation is 1. The van der Waals surface area contributed by atoms with E-state index in [1.54, 1.807) is 0 Å². The summed E-state index contributed by atoms with van der Waals surface area (Å²) in [5, 5.41) is 3.12. The lowest BCUT2D eigenvalue weighted by Crippen LogP contribution is -2.33. The van der Waals surface area contributed by atoms with Gasteiger partial charge in [-0.2, -0.15) is 0 Å². The maximum atomic E-state index is 4.67. The van der Waals surface area contributed by atoms with Crippen LogP contribution in [0, 0.1) is 6.92 Å². The number of nitrogens with zero attached hydrogens (tertiary/aromatic N) is 2. The molecule has 0 radical (unpaired) electrons. The smallest absolute Gasteiger partial charge is 0.125 e. The summed E-state index contributed by atoms with van der Waals surface area (Å²) in [6.07, 6.45) is 3.84. The monoisotopic (exact) mass is 295 g/mol. The van der Waals surface area contributed by atoms with E-state index in [9.17, 15) is 0 Å². The Morgan fingerprint density at radius 2 is 1.95 bits per heavy atom. The van der Waals surface area contributed by atoms with Crippen molar-refractivity contribution in [3.05, 3.63) is 59.3 Å². The summed E-state index contributed by atoms with van der Waals surface area (Å²) in [6, 6.07) is 15.6. The van der Waals surface area contributed by atoms with Crippen LogP contribution in [0.15, 0.2) is 42.5 Å². The quantitative estimate of drug-likeness (QED) is 0.918. The molecule has 1 fully saturated rings. The molecule has 3 heteroatoms. The first-order valence-corrected chi connectivity index (χ1v) is 8.21. The van der Waals surface area contributed by atoms with Gasteiger partial charge < -0.3 is 5.32 Å². The van der Waals surface area contributed by atoms with Gasteiger partial charge in [-0.3, -0.25) is 4.90 Å². The Morgan fingerprint density at radius 3 is 2.68 bits per heavy atom. The number of likely N-dealkylation sites (tertiary alicyclic amines) is 1. The van der Waals surface area contributed by atoms with E-state index in [4.69, 9.17) is 0 Å². The molecule has 0 spiro atoms. The molecule has 1 aliphatic heterocycles. The van der Waals surface area contributed by atoms with Crippen molar-refractivity contribution in [2.75, 3.05) is 18.9 Å². The van der Waals surface area contributed by atoms with Crippen LogP contribution in [0.3, 0.4) is 0 Å². The van der Waals surface area contributed by atoms with E-state index in [0.717, 1.165) is 18.1 Å². The topological polar surface area (TPSA) is 28.2 Å². The zero-order valence-corrected chi connectivity index (χ0v) is 13.5. The van der Waals surface area contributed by atoms with Crippen molar-refractivity contribution < 1.29 is 0 Å². The van der Waals surface area contributed by atoms with Crippen LogP contribution in [0.2, 0.25) is 0 Å². The zero-order chi connectivity index (χ0) is 15.4. The van der Waals surface area contributed by atoms with Gasteiger partial charge in [0, 0.05) is 25.3 Å². The summed E-state index contributed by atoms with van der Waals surface area (Å²) in [7, 11) is 1.92. The van der Waals surface area contributed by atoms with E-state index in [2.05, 4.69) is 64.6 Å². The highest BCUT2D eigenvalue weighted by molar-refractivity contribution is 5.39. The number of hydrogen-bond donors (Lipinski definition) is 1. The maximum absolute atomic E-state index is 4.67. The van der Waals surface area contributed by atoms with Gasteiger partial charge in [-0.1, -0.05) is 42.8 Å². The van der Waals surface area contributed by atoms with Crippen LogP contribution < -0.4 is 5.32 Å². The molecule has 1 saturated heterocycles. The zero-order valence-electron chi connectivity index (χ0n) is 13.5. The number of anilines is 1. The Labute approximate surface area is 133 Å². The van der Waals surface area contributed by atoms with E-state index in [0.29, 0.717) is 6.04 Å². The van der Waals surface area contributed by atoms with Crippen LogP contribution in [0.5, 0.6) is 0 Å². The highest BCUT2D eigenvalue weighted by atomic mass is 15.2. The number of hydrogen-bond acceptors (Lipinski definition) is 3. The number of piperidine rings is 1. The summed E-state index contributed by atoms with van der Waals surface area (Å²) in [5.74, 6) is 0.951. The third kappa shape index (κ3) is 3.30. The first kappa shape index (κ1) is 15.0. The molecule has 3 rings (SSSR count). The summed E-state index contributed by atoms with van der Waals surface area (Å²) in [6.45, 7) is 4.33. The second-order valence-electron chi connectivity index (χ2n) is 6.09. The predicted molar refractivity (Wildman–Crippen MR) is 92.0 cm³/mol. The fourth-order valence-corrected chi connectivity index (χ4v) is 3.41. The van der Waals surface area contributed by atoms with Crippen LogP contribution in [0.4, 0.5) is 5.82 Å². The van der Waals surface area contributed by atoms with Gasteiger partial charge in [-0.15, -0.1) is 0 Å². The molecule has 0 bridgehead atoms. The van der Waals surface area contributed by atoms with Crippen LogP contribution in [-0.2, 0) is 6.54 Å². The first-order valence-electron chi connectivity index (χ1n) is 8.21. The van der Waals surface area contributed by atoms with Gasteiger partial charge in [-0.05, 0) is 43.5 Å². The third-order valence-corrected chi connectivity index (χ3v) is 4.58. The summed E-state index contributed by atoms with van der Waals surface area (Å²) in [4.78, 5) is 7.28. The highest BCUT2D eigenvalue weighted by Crippen LogP contribution is 2.33. The second kappa shape index (κ2) is 6.93. The minimum atomic E-state index is 0.493. The maximum Gasteiger partial charge on any atom is 0.125 e. The SMILES string of the molecule is CNc1ccc([C@H]2CCCCN2Cc2ccccc2)c(C)n1. The predicted octanol–water partition coefficient (Wildman–Crippen LogP) is 4.16. The molecule has 3 nitrogen and oxygen atoms in total. The lowest BCUT2D eigenvalue weighted by Gasteiger charge is -2.36. The van der Waals surface area contributed by atoms with E-state index < -0.39 is 0 Å². The average molecular weight is 295 g/mol. The van der Waals surface area contributed by atoms with Crippen molar-refractivity contribution in [3.63, 3.8) is 0 Å². The van der Waals surface area contributed by atoms with Crippen LogP contribution in [-0.4, -0.2) is 23.5 Å². The van der Waals surface area contributed by atoms with Crippen LogP contribution in [0.1, 0.15) is 42.1 Å². The van der Waals surface area contributed by atoms with Crippen molar-refractivity contribution in [1.29, 1.82) is 0 Å². The molecular formula is C19H25N3. The number of benzene rings is 1. The van der Waals surface area contributed by atoms with Crippen LogP contribution >= 0.6 is 0 Å². The second-order valence-corrected chi connectivity index (χ2v) is 6.09. The van der Waals surface area contributed by atoms with Gasteiger partial charge in [0.25, 0.3) is 0 Å². The molecule has 1 aliphatic rings. The standard InChI is InChI=1S/C19H25N3/c1-15-17(11-12-19(20-2)21-15)18-10-6-7-13-22(18)14-16-8-4-3-5-9-16/h3-5,8-9,11-12,18H,6-7,10,13-14H2,1-2H3,(H,20,21)/t18-/m1/s1. The van der Waals surface area contributed by atoms with Crippen molar-refractivity contribution in [2.45, 2.75) is 38.8 Å². The van der Waals surface area contributed by atoms with Crippen molar-refractivity contribution in [2.24, 2.45) is 0 Å². The Morgan fingerprint density at radius 1 is 1.14 bits per heavy atom. The average Bonchev–Trinajstić information content (AvgIpc) is 2.56. The normalized spacial score (nSPS) is 19.1. The summed E-state index contributed by atoms with van der Waals surface area (Å²) in [5.41, 5.74) is 3.93. The Hall–Kier alpha value is -1.87. The van der Waals surface area contributed by atoms with E-state index in [1.807, 2.05) is 7.05 Å². The molecule has 1 aromatic carbocycles. The van der Waals surface area contributed by atoms with Crippen molar-refractivity contribution in [3.8, 4) is 0 Å². The Balaban J connectivity index is 1.83. The molecule has 2 aromatic rings. The Bertz CT molecular complexity index is 609. The van der Waals surface area contributed by atoms with Gasteiger partial charge in [0.15, 0.2) is 0 Å².